The lowest BCUT2D eigenvalue weighted by Gasteiger charge is -2.21. The summed E-state index contributed by atoms with van der Waals surface area (Å²) in [6.07, 6.45) is 0.861. The first kappa shape index (κ1) is 19.8. The van der Waals surface area contributed by atoms with Gasteiger partial charge in [-0.25, -0.2) is 17.2 Å². The molecule has 0 saturated carbocycles. The summed E-state index contributed by atoms with van der Waals surface area (Å²) in [5, 5.41) is 11.1. The zero-order valence-electron chi connectivity index (χ0n) is 14.5. The molecular weight excluding hydrogens is 410 g/mol. The molecule has 146 valence electrons. The Morgan fingerprint density at radius 2 is 1.82 bits per heavy atom. The molecule has 28 heavy (non-hydrogen) atoms. The average molecular weight is 424 g/mol. The van der Waals surface area contributed by atoms with Crippen molar-refractivity contribution in [2.45, 2.75) is 0 Å². The predicted molar refractivity (Wildman–Crippen MR) is 103 cm³/mol. The zero-order valence-corrected chi connectivity index (χ0v) is 16.1. The molecule has 1 heterocycles. The minimum absolute atomic E-state index is 0.168. The molecule has 0 aliphatic carbocycles. The summed E-state index contributed by atoms with van der Waals surface area (Å²) < 4.78 is 51.3. The first-order chi connectivity index (χ1) is 13.2. The largest absolute Gasteiger partial charge is 0.299 e. The van der Waals surface area contributed by atoms with E-state index in [1.807, 2.05) is 30.3 Å². The lowest BCUT2D eigenvalue weighted by atomic mass is 10.2. The number of anilines is 2. The van der Waals surface area contributed by atoms with E-state index in [4.69, 9.17) is 0 Å². The molecule has 1 N–H and O–H groups in total. The molecule has 0 bridgehead atoms. The van der Waals surface area contributed by atoms with E-state index in [0.29, 0.717) is 15.4 Å². The quantitative estimate of drug-likeness (QED) is 0.657. The van der Waals surface area contributed by atoms with Gasteiger partial charge in [0.05, 0.1) is 11.9 Å². The van der Waals surface area contributed by atoms with Crippen LogP contribution in [-0.4, -0.2) is 37.3 Å². The van der Waals surface area contributed by atoms with Crippen LogP contribution in [0.2, 0.25) is 0 Å². The zero-order chi connectivity index (χ0) is 20.3. The van der Waals surface area contributed by atoms with E-state index in [-0.39, 0.29) is 10.8 Å². The Kier molecular flexibility index (Phi) is 5.66. The van der Waals surface area contributed by atoms with Crippen molar-refractivity contribution in [3.8, 4) is 10.6 Å². The van der Waals surface area contributed by atoms with Crippen LogP contribution in [0.1, 0.15) is 0 Å². The van der Waals surface area contributed by atoms with Crippen molar-refractivity contribution < 1.29 is 22.0 Å². The summed E-state index contributed by atoms with van der Waals surface area (Å²) in [7, 11) is -3.92. The number of amides is 1. The van der Waals surface area contributed by atoms with Gasteiger partial charge in [-0.15, -0.1) is 10.2 Å². The maximum Gasteiger partial charge on any atom is 0.246 e. The minimum Gasteiger partial charge on any atom is -0.299 e. The van der Waals surface area contributed by atoms with Crippen LogP contribution in [0.4, 0.5) is 19.6 Å². The highest BCUT2D eigenvalue weighted by atomic mass is 32.2. The maximum absolute atomic E-state index is 13.5. The van der Waals surface area contributed by atoms with E-state index >= 15 is 0 Å². The summed E-state index contributed by atoms with van der Waals surface area (Å²) in [4.78, 5) is 12.3. The molecule has 0 radical (unpaired) electrons. The molecule has 3 aromatic rings. The van der Waals surface area contributed by atoms with Crippen molar-refractivity contribution in [2.75, 3.05) is 22.4 Å². The number of carbonyl (C=O) groups excluding carboxylic acids is 1. The molecule has 1 aromatic heterocycles. The Bertz CT molecular complexity index is 1100. The lowest BCUT2D eigenvalue weighted by molar-refractivity contribution is -0.114. The third-order valence-electron chi connectivity index (χ3n) is 3.57. The normalized spacial score (nSPS) is 11.2. The first-order valence-electron chi connectivity index (χ1n) is 7.85. The molecule has 11 heteroatoms. The molecule has 0 aliphatic heterocycles. The van der Waals surface area contributed by atoms with Gasteiger partial charge >= 0.3 is 0 Å². The average Bonchev–Trinajstić information content (AvgIpc) is 3.10. The van der Waals surface area contributed by atoms with Crippen molar-refractivity contribution >= 4 is 38.1 Å². The molecular formula is C17H14F2N4O3S2. The highest BCUT2D eigenvalue weighted by Crippen LogP contribution is 2.26. The molecule has 2 aromatic carbocycles. The van der Waals surface area contributed by atoms with Crippen LogP contribution in [0, 0.1) is 11.6 Å². The number of rotatable bonds is 6. The molecule has 0 unspecified atom stereocenters. The van der Waals surface area contributed by atoms with E-state index < -0.39 is 34.1 Å². The summed E-state index contributed by atoms with van der Waals surface area (Å²) in [5.41, 5.74) is 0.652. The highest BCUT2D eigenvalue weighted by molar-refractivity contribution is 7.92. The highest BCUT2D eigenvalue weighted by Gasteiger charge is 2.23. The van der Waals surface area contributed by atoms with E-state index in [9.17, 15) is 22.0 Å². The molecule has 7 nitrogen and oxygen atoms in total. The number of hydrogen-bond donors (Lipinski definition) is 1. The van der Waals surface area contributed by atoms with Crippen LogP contribution < -0.4 is 9.62 Å². The molecule has 0 aliphatic rings. The number of sulfonamides is 1. The van der Waals surface area contributed by atoms with Crippen LogP contribution in [0.15, 0.2) is 48.5 Å². The molecule has 0 atom stereocenters. The van der Waals surface area contributed by atoms with Crippen LogP contribution >= 0.6 is 11.3 Å². The fourth-order valence-corrected chi connectivity index (χ4v) is 3.91. The number of carbonyl (C=O) groups is 1. The molecule has 0 spiro atoms. The number of halogens is 2. The summed E-state index contributed by atoms with van der Waals surface area (Å²) in [5.74, 6) is -3.04. The van der Waals surface area contributed by atoms with E-state index in [0.717, 1.165) is 35.3 Å². The Hall–Kier alpha value is -2.92. The summed E-state index contributed by atoms with van der Waals surface area (Å²) >= 11 is 1.12. The second-order valence-electron chi connectivity index (χ2n) is 5.69. The van der Waals surface area contributed by atoms with Gasteiger partial charge in [-0.1, -0.05) is 41.7 Å². The SMILES string of the molecule is CS(=O)(=O)N(CC(=O)Nc1nnc(-c2ccccc2)s1)c1ccc(F)c(F)c1. The standard InChI is InChI=1S/C17H14F2N4O3S2/c1-28(25,26)23(12-7-8-13(18)14(19)9-12)10-15(24)20-17-22-21-16(27-17)11-5-3-2-4-6-11/h2-9H,10H2,1H3,(H,20,22,24). The van der Waals surface area contributed by atoms with Gasteiger partial charge in [0.2, 0.25) is 21.1 Å². The first-order valence-corrected chi connectivity index (χ1v) is 10.5. The number of nitrogens with zero attached hydrogens (tertiary/aromatic N) is 3. The van der Waals surface area contributed by atoms with E-state index in [1.54, 1.807) is 0 Å². The van der Waals surface area contributed by atoms with Gasteiger partial charge in [-0.3, -0.25) is 14.4 Å². The monoisotopic (exact) mass is 424 g/mol. The second kappa shape index (κ2) is 7.98. The fourth-order valence-electron chi connectivity index (χ4n) is 2.30. The molecule has 1 amide bonds. The number of aromatic nitrogens is 2. The Balaban J connectivity index is 1.76. The van der Waals surface area contributed by atoms with Gasteiger partial charge in [-0.2, -0.15) is 0 Å². The van der Waals surface area contributed by atoms with Crippen LogP contribution in [0.5, 0.6) is 0 Å². The van der Waals surface area contributed by atoms with Gasteiger partial charge in [0, 0.05) is 11.6 Å². The smallest absolute Gasteiger partial charge is 0.246 e. The summed E-state index contributed by atoms with van der Waals surface area (Å²) in [6.45, 7) is -0.635. The number of hydrogen-bond acceptors (Lipinski definition) is 6. The molecule has 0 fully saturated rings. The van der Waals surface area contributed by atoms with Gasteiger partial charge in [0.25, 0.3) is 0 Å². The second-order valence-corrected chi connectivity index (χ2v) is 8.58. The van der Waals surface area contributed by atoms with Gasteiger partial charge in [-0.05, 0) is 12.1 Å². The van der Waals surface area contributed by atoms with Crippen LogP contribution in [0.25, 0.3) is 10.6 Å². The van der Waals surface area contributed by atoms with E-state index in [2.05, 4.69) is 15.5 Å². The van der Waals surface area contributed by atoms with Crippen molar-refractivity contribution in [3.63, 3.8) is 0 Å². The third kappa shape index (κ3) is 4.67. The Morgan fingerprint density at radius 1 is 1.11 bits per heavy atom. The van der Waals surface area contributed by atoms with Crippen LogP contribution in [-0.2, 0) is 14.8 Å². The lowest BCUT2D eigenvalue weighted by Crippen LogP contribution is -2.37. The number of nitrogens with one attached hydrogen (secondary N) is 1. The van der Waals surface area contributed by atoms with Gasteiger partial charge in [0.1, 0.15) is 11.6 Å². The fraction of sp³-hybridized carbons (Fsp3) is 0.118. The number of benzene rings is 2. The topological polar surface area (TPSA) is 92.3 Å². The predicted octanol–water partition coefficient (Wildman–Crippen LogP) is 2.89. The maximum atomic E-state index is 13.5. The molecule has 3 rings (SSSR count). The van der Waals surface area contributed by atoms with Crippen molar-refractivity contribution in [1.82, 2.24) is 10.2 Å². The minimum atomic E-state index is -3.92. The van der Waals surface area contributed by atoms with Crippen LogP contribution in [0.3, 0.4) is 0 Å². The van der Waals surface area contributed by atoms with Crippen molar-refractivity contribution in [3.05, 3.63) is 60.2 Å². The molecule has 0 saturated heterocycles. The van der Waals surface area contributed by atoms with Crippen molar-refractivity contribution in [2.24, 2.45) is 0 Å². The van der Waals surface area contributed by atoms with Gasteiger partial charge < -0.3 is 0 Å². The van der Waals surface area contributed by atoms with Crippen molar-refractivity contribution in [1.29, 1.82) is 0 Å². The van der Waals surface area contributed by atoms with Gasteiger partial charge in [0.15, 0.2) is 11.6 Å². The Morgan fingerprint density at radius 3 is 2.46 bits per heavy atom. The Labute approximate surface area is 163 Å². The third-order valence-corrected chi connectivity index (χ3v) is 5.60. The summed E-state index contributed by atoms with van der Waals surface area (Å²) in [6, 6.07) is 11.8. The van der Waals surface area contributed by atoms with E-state index in [1.165, 1.54) is 0 Å².